The lowest BCUT2D eigenvalue weighted by Crippen LogP contribution is -2.27. The second kappa shape index (κ2) is 13.5. The average molecular weight is 623 g/mol. The lowest BCUT2D eigenvalue weighted by molar-refractivity contribution is -0.138. The van der Waals surface area contributed by atoms with Gasteiger partial charge in [0.05, 0.1) is 5.71 Å². The summed E-state index contributed by atoms with van der Waals surface area (Å²) in [5, 5.41) is 18.9. The number of thiol groups is 1. The van der Waals surface area contributed by atoms with E-state index in [-0.39, 0.29) is 41.7 Å². The third-order valence-electron chi connectivity index (χ3n) is 9.20. The molecule has 4 rings (SSSR count). The molecule has 2 aromatic heterocycles. The van der Waals surface area contributed by atoms with Crippen molar-refractivity contribution in [1.82, 2.24) is 9.97 Å². The van der Waals surface area contributed by atoms with Gasteiger partial charge in [0, 0.05) is 83.3 Å². The van der Waals surface area contributed by atoms with Crippen molar-refractivity contribution in [2.75, 3.05) is 0 Å². The van der Waals surface area contributed by atoms with Crippen LogP contribution in [0.1, 0.15) is 92.0 Å². The van der Waals surface area contributed by atoms with Gasteiger partial charge in [-0.25, -0.2) is 9.98 Å². The molecule has 0 saturated carbocycles. The van der Waals surface area contributed by atoms with E-state index in [0.29, 0.717) is 49.8 Å². The van der Waals surface area contributed by atoms with Crippen LogP contribution < -0.4 is 0 Å². The SMILES string of the molecule is CCC1=C(C)C(Cc2[nH]c(Cc3[nH]c(CC4=NC(=O)[C@H](C)[C@H]4[C@@H](C)S)c(C)c3CCC(=O)O)c(CCC(=O)O)c2C)=NC1=O. The third kappa shape index (κ3) is 6.82. The zero-order valence-electron chi connectivity index (χ0n) is 26.3. The van der Waals surface area contributed by atoms with E-state index in [1.165, 1.54) is 0 Å². The van der Waals surface area contributed by atoms with E-state index in [1.807, 2.05) is 41.5 Å². The van der Waals surface area contributed by atoms with Gasteiger partial charge in [0.1, 0.15) is 0 Å². The highest BCUT2D eigenvalue weighted by Gasteiger charge is 2.37. The molecule has 0 bridgehead atoms. The molecule has 2 aliphatic rings. The van der Waals surface area contributed by atoms with E-state index < -0.39 is 11.9 Å². The van der Waals surface area contributed by atoms with Crippen molar-refractivity contribution < 1.29 is 29.4 Å². The fourth-order valence-electron chi connectivity index (χ4n) is 6.65. The van der Waals surface area contributed by atoms with E-state index in [2.05, 4.69) is 32.6 Å². The number of carbonyl (C=O) groups is 4. The number of aromatic amines is 2. The van der Waals surface area contributed by atoms with Crippen LogP contribution in [0.5, 0.6) is 0 Å². The molecule has 44 heavy (non-hydrogen) atoms. The first kappa shape index (κ1) is 33.2. The van der Waals surface area contributed by atoms with Crippen LogP contribution in [0.25, 0.3) is 0 Å². The van der Waals surface area contributed by atoms with E-state index in [0.717, 1.165) is 56.3 Å². The number of H-pyrrole nitrogens is 2. The molecule has 0 spiro atoms. The van der Waals surface area contributed by atoms with Crippen molar-refractivity contribution in [2.24, 2.45) is 21.8 Å². The number of aromatic nitrogens is 2. The largest absolute Gasteiger partial charge is 0.481 e. The Balaban J connectivity index is 1.73. The lowest BCUT2D eigenvalue weighted by atomic mass is 9.87. The Kier molecular flexibility index (Phi) is 10.2. The maximum atomic E-state index is 12.5. The van der Waals surface area contributed by atoms with Crippen LogP contribution in [0.15, 0.2) is 21.1 Å². The molecule has 0 radical (unpaired) electrons. The number of allylic oxidation sites excluding steroid dienone is 1. The van der Waals surface area contributed by atoms with E-state index in [1.54, 1.807) is 0 Å². The highest BCUT2D eigenvalue weighted by molar-refractivity contribution is 7.81. The Morgan fingerprint density at radius 1 is 0.864 bits per heavy atom. The van der Waals surface area contributed by atoms with Crippen LogP contribution in [0, 0.1) is 25.7 Å². The molecule has 0 aromatic carbocycles. The van der Waals surface area contributed by atoms with Crippen molar-refractivity contribution in [2.45, 2.75) is 98.2 Å². The summed E-state index contributed by atoms with van der Waals surface area (Å²) in [5.41, 5.74) is 10.2. The number of aliphatic carboxylic acids is 2. The Bertz CT molecular complexity index is 1610. The molecule has 236 valence electrons. The molecule has 0 aliphatic carbocycles. The van der Waals surface area contributed by atoms with Crippen LogP contribution in [-0.2, 0) is 51.3 Å². The minimum absolute atomic E-state index is 0.0420. The van der Waals surface area contributed by atoms with Crippen molar-refractivity contribution in [3.8, 4) is 0 Å². The van der Waals surface area contributed by atoms with Crippen molar-refractivity contribution >= 4 is 47.8 Å². The molecular formula is C33H42N4O6S. The fourth-order valence-corrected chi connectivity index (χ4v) is 7.08. The zero-order valence-corrected chi connectivity index (χ0v) is 27.2. The second-order valence-corrected chi connectivity index (χ2v) is 12.8. The summed E-state index contributed by atoms with van der Waals surface area (Å²) in [6, 6.07) is 0. The molecule has 0 fully saturated rings. The maximum absolute atomic E-state index is 12.5. The third-order valence-corrected chi connectivity index (χ3v) is 9.52. The number of hydrogen-bond acceptors (Lipinski definition) is 5. The Morgan fingerprint density at radius 3 is 1.84 bits per heavy atom. The summed E-state index contributed by atoms with van der Waals surface area (Å²) >= 11 is 4.63. The molecule has 4 N–H and O–H groups in total. The monoisotopic (exact) mass is 622 g/mol. The highest BCUT2D eigenvalue weighted by atomic mass is 32.1. The zero-order chi connectivity index (χ0) is 32.5. The molecule has 0 unspecified atom stereocenters. The van der Waals surface area contributed by atoms with E-state index in [9.17, 15) is 29.4 Å². The lowest BCUT2D eigenvalue weighted by Gasteiger charge is -2.20. The number of nitrogens with one attached hydrogen (secondary N) is 2. The molecule has 0 saturated heterocycles. The summed E-state index contributed by atoms with van der Waals surface area (Å²) in [4.78, 5) is 63.7. The van der Waals surface area contributed by atoms with Crippen LogP contribution in [0.4, 0.5) is 0 Å². The van der Waals surface area contributed by atoms with Crippen LogP contribution in [-0.4, -0.2) is 60.6 Å². The number of carboxylic acid groups (broad SMARTS) is 2. The predicted octanol–water partition coefficient (Wildman–Crippen LogP) is 4.93. The summed E-state index contributed by atoms with van der Waals surface area (Å²) in [7, 11) is 0. The van der Waals surface area contributed by atoms with Gasteiger partial charge in [-0.05, 0) is 67.9 Å². The number of nitrogens with zero attached hydrogens (tertiary/aromatic N) is 2. The predicted molar refractivity (Wildman–Crippen MR) is 172 cm³/mol. The minimum atomic E-state index is -0.899. The van der Waals surface area contributed by atoms with Gasteiger partial charge in [-0.1, -0.05) is 20.8 Å². The fraction of sp³-hybridized carbons (Fsp3) is 0.515. The number of hydrogen-bond donors (Lipinski definition) is 5. The highest BCUT2D eigenvalue weighted by Crippen LogP contribution is 2.33. The normalized spacial score (nSPS) is 19.2. The second-order valence-electron chi connectivity index (χ2n) is 12.0. The van der Waals surface area contributed by atoms with Gasteiger partial charge in [0.2, 0.25) is 5.91 Å². The number of aliphatic imine (C=N–C) groups is 2. The number of carbonyl (C=O) groups excluding carboxylic acids is 2. The molecule has 2 aliphatic heterocycles. The first-order chi connectivity index (χ1) is 20.7. The average Bonchev–Trinajstić information content (AvgIpc) is 3.59. The number of carboxylic acids is 2. The summed E-state index contributed by atoms with van der Waals surface area (Å²) in [5.74, 6) is -2.49. The van der Waals surface area contributed by atoms with Crippen LogP contribution >= 0.6 is 12.6 Å². The summed E-state index contributed by atoms with van der Waals surface area (Å²) in [6.45, 7) is 11.6. The van der Waals surface area contributed by atoms with Gasteiger partial charge in [0.25, 0.3) is 5.91 Å². The minimum Gasteiger partial charge on any atom is -0.481 e. The van der Waals surface area contributed by atoms with E-state index >= 15 is 0 Å². The standard InChI is InChI=1S/C33H42N4O6S/c1-7-20-15(2)25(36-33(20)43)12-23-16(3)21(8-10-29(38)39)26(34-23)14-27-22(9-11-30(40)41)17(4)24(35-27)13-28-31(19(6)44)18(5)32(42)37-28/h18-19,31,34-35,44H,7-14H2,1-6H3,(H,38,39)(H,40,41)/t18-,19-,31+/m1/s1. The maximum Gasteiger partial charge on any atom is 0.303 e. The van der Waals surface area contributed by atoms with Gasteiger partial charge in [-0.3, -0.25) is 19.2 Å². The van der Waals surface area contributed by atoms with E-state index in [4.69, 9.17) is 0 Å². The van der Waals surface area contributed by atoms with Gasteiger partial charge in [-0.15, -0.1) is 0 Å². The van der Waals surface area contributed by atoms with Gasteiger partial charge >= 0.3 is 11.9 Å². The quantitative estimate of drug-likeness (QED) is 0.188. The smallest absolute Gasteiger partial charge is 0.303 e. The topological polar surface area (TPSA) is 165 Å². The first-order valence-corrected chi connectivity index (χ1v) is 15.7. The van der Waals surface area contributed by atoms with Crippen LogP contribution in [0.3, 0.4) is 0 Å². The molecule has 11 heteroatoms. The molecule has 4 heterocycles. The molecular weight excluding hydrogens is 580 g/mol. The Morgan fingerprint density at radius 2 is 1.39 bits per heavy atom. The molecule has 10 nitrogen and oxygen atoms in total. The molecule has 2 amide bonds. The van der Waals surface area contributed by atoms with Crippen molar-refractivity contribution in [3.63, 3.8) is 0 Å². The number of amides is 2. The van der Waals surface area contributed by atoms with Gasteiger partial charge < -0.3 is 20.2 Å². The first-order valence-electron chi connectivity index (χ1n) is 15.2. The summed E-state index contributed by atoms with van der Waals surface area (Å²) < 4.78 is 0. The number of rotatable bonds is 14. The van der Waals surface area contributed by atoms with Crippen molar-refractivity contribution in [1.29, 1.82) is 0 Å². The molecule has 2 aromatic rings. The van der Waals surface area contributed by atoms with Crippen LogP contribution in [0.2, 0.25) is 0 Å². The van der Waals surface area contributed by atoms with Gasteiger partial charge in [-0.2, -0.15) is 12.6 Å². The Hall–Kier alpha value is -3.73. The van der Waals surface area contributed by atoms with Gasteiger partial charge in [0.15, 0.2) is 0 Å². The van der Waals surface area contributed by atoms with Crippen molar-refractivity contribution in [3.05, 3.63) is 56.2 Å². The Labute approximate surface area is 263 Å². The molecule has 3 atom stereocenters. The summed E-state index contributed by atoms with van der Waals surface area (Å²) in [6.07, 6.45) is 2.42.